The predicted molar refractivity (Wildman–Crippen MR) is 107 cm³/mol. The molecule has 1 aromatic heterocycles. The van der Waals surface area contributed by atoms with Gasteiger partial charge in [0, 0.05) is 13.2 Å². The van der Waals surface area contributed by atoms with Gasteiger partial charge in [-0.1, -0.05) is 54.6 Å². The first-order valence-corrected chi connectivity index (χ1v) is 9.83. The van der Waals surface area contributed by atoms with E-state index < -0.39 is 0 Å². The second-order valence-electron chi connectivity index (χ2n) is 7.00. The molecular weight excluding hydrogens is 368 g/mol. The van der Waals surface area contributed by atoms with E-state index in [9.17, 15) is 4.79 Å². The molecule has 6 nitrogen and oxygen atoms in total. The van der Waals surface area contributed by atoms with Crippen molar-refractivity contribution in [3.05, 3.63) is 89.1 Å². The van der Waals surface area contributed by atoms with Crippen LogP contribution in [0, 0.1) is 0 Å². The Balaban J connectivity index is 1.35. The molecule has 3 aromatic rings. The third-order valence-corrected chi connectivity index (χ3v) is 4.96. The van der Waals surface area contributed by atoms with Gasteiger partial charge in [-0.3, -0.25) is 4.79 Å². The Bertz CT molecular complexity index is 933. The predicted octanol–water partition coefficient (Wildman–Crippen LogP) is 4.17. The maximum Gasteiger partial charge on any atom is 0.273 e. The summed E-state index contributed by atoms with van der Waals surface area (Å²) in [6.45, 7) is 2.10. The molecule has 1 fully saturated rings. The highest BCUT2D eigenvalue weighted by atomic mass is 16.5. The van der Waals surface area contributed by atoms with Crippen LogP contribution in [-0.4, -0.2) is 17.5 Å². The maximum atomic E-state index is 12.6. The fourth-order valence-electron chi connectivity index (χ4n) is 3.42. The van der Waals surface area contributed by atoms with Gasteiger partial charge in [0.05, 0.1) is 13.2 Å². The van der Waals surface area contributed by atoms with E-state index in [0.717, 1.165) is 29.5 Å². The van der Waals surface area contributed by atoms with Crippen molar-refractivity contribution in [3.8, 4) is 0 Å². The summed E-state index contributed by atoms with van der Waals surface area (Å²) in [5, 5.41) is 2.94. The zero-order valence-corrected chi connectivity index (χ0v) is 16.2. The van der Waals surface area contributed by atoms with E-state index in [1.54, 1.807) is 0 Å². The van der Waals surface area contributed by atoms with Crippen molar-refractivity contribution in [2.75, 3.05) is 6.61 Å². The number of aromatic nitrogens is 1. The average Bonchev–Trinajstić information content (AvgIpc) is 3.45. The van der Waals surface area contributed by atoms with E-state index in [-0.39, 0.29) is 12.0 Å². The molecule has 2 heterocycles. The van der Waals surface area contributed by atoms with Crippen molar-refractivity contribution in [1.29, 1.82) is 0 Å². The van der Waals surface area contributed by atoms with Gasteiger partial charge in [0.2, 0.25) is 0 Å². The van der Waals surface area contributed by atoms with Crippen molar-refractivity contribution in [2.24, 2.45) is 0 Å². The van der Waals surface area contributed by atoms with E-state index in [2.05, 4.69) is 10.3 Å². The second-order valence-corrected chi connectivity index (χ2v) is 7.00. The van der Waals surface area contributed by atoms with Crippen molar-refractivity contribution in [3.63, 3.8) is 0 Å². The average molecular weight is 392 g/mol. The summed E-state index contributed by atoms with van der Waals surface area (Å²) in [7, 11) is 0. The molecule has 1 aliphatic rings. The van der Waals surface area contributed by atoms with Crippen LogP contribution >= 0.6 is 0 Å². The summed E-state index contributed by atoms with van der Waals surface area (Å²) in [4.78, 5) is 16.7. The van der Waals surface area contributed by atoms with E-state index in [1.807, 2.05) is 54.6 Å². The Kier molecular flexibility index (Phi) is 6.34. The first-order chi connectivity index (χ1) is 14.3. The molecule has 0 bridgehead atoms. The fourth-order valence-corrected chi connectivity index (χ4v) is 3.42. The Morgan fingerprint density at radius 3 is 2.66 bits per heavy atom. The summed E-state index contributed by atoms with van der Waals surface area (Å²) in [6.07, 6.45) is 2.92. The molecule has 0 spiro atoms. The maximum absolute atomic E-state index is 12.6. The molecule has 150 valence electrons. The van der Waals surface area contributed by atoms with E-state index >= 15 is 0 Å². The molecule has 1 unspecified atom stereocenters. The molecule has 1 N–H and O–H groups in total. The quantitative estimate of drug-likeness (QED) is 0.623. The minimum Gasteiger partial charge on any atom is -0.445 e. The molecule has 4 rings (SSSR count). The third-order valence-electron chi connectivity index (χ3n) is 4.96. The number of amides is 1. The van der Waals surface area contributed by atoms with Gasteiger partial charge in [-0.2, -0.15) is 0 Å². The molecule has 0 saturated carbocycles. The number of nitrogens with zero attached hydrogens (tertiary/aromatic N) is 1. The van der Waals surface area contributed by atoms with Crippen molar-refractivity contribution < 1.29 is 18.7 Å². The topological polar surface area (TPSA) is 73.6 Å². The second kappa shape index (κ2) is 9.49. The van der Waals surface area contributed by atoms with Gasteiger partial charge in [-0.05, 0) is 29.5 Å². The standard InChI is InChI=1S/C23H24N2O4/c26-23(21-22(29-16-25-21)20-11-6-12-28-20)24-13-18-9-4-5-10-19(18)15-27-14-17-7-2-1-3-8-17/h1-5,7-10,16,20H,6,11-15H2,(H,24,26). The largest absolute Gasteiger partial charge is 0.445 e. The highest BCUT2D eigenvalue weighted by molar-refractivity contribution is 5.93. The van der Waals surface area contributed by atoms with Gasteiger partial charge in [0.1, 0.15) is 6.10 Å². The van der Waals surface area contributed by atoms with Crippen LogP contribution in [0.5, 0.6) is 0 Å². The lowest BCUT2D eigenvalue weighted by atomic mass is 10.1. The summed E-state index contributed by atoms with van der Waals surface area (Å²) in [6, 6.07) is 18.0. The van der Waals surface area contributed by atoms with Crippen LogP contribution in [0.1, 0.15) is 51.9 Å². The van der Waals surface area contributed by atoms with Crippen molar-refractivity contribution in [2.45, 2.75) is 38.7 Å². The highest BCUT2D eigenvalue weighted by Crippen LogP contribution is 2.30. The van der Waals surface area contributed by atoms with Crippen LogP contribution in [-0.2, 0) is 29.2 Å². The van der Waals surface area contributed by atoms with Crippen LogP contribution < -0.4 is 5.32 Å². The van der Waals surface area contributed by atoms with Gasteiger partial charge < -0.3 is 19.2 Å². The monoisotopic (exact) mass is 392 g/mol. The normalized spacial score (nSPS) is 16.1. The Morgan fingerprint density at radius 1 is 1.07 bits per heavy atom. The first kappa shape index (κ1) is 19.4. The Hall–Kier alpha value is -2.96. The summed E-state index contributed by atoms with van der Waals surface area (Å²) < 4.78 is 16.9. The lowest BCUT2D eigenvalue weighted by Gasteiger charge is -2.12. The highest BCUT2D eigenvalue weighted by Gasteiger charge is 2.27. The first-order valence-electron chi connectivity index (χ1n) is 9.83. The molecule has 0 aliphatic carbocycles. The minimum atomic E-state index is -0.260. The molecule has 29 heavy (non-hydrogen) atoms. The minimum absolute atomic E-state index is 0.183. The fraction of sp³-hybridized carbons (Fsp3) is 0.304. The number of carbonyl (C=O) groups excluding carboxylic acids is 1. The molecular formula is C23H24N2O4. The van der Waals surface area contributed by atoms with Gasteiger partial charge in [-0.25, -0.2) is 4.98 Å². The zero-order valence-electron chi connectivity index (χ0n) is 16.2. The van der Waals surface area contributed by atoms with Gasteiger partial charge in [0.25, 0.3) is 5.91 Å². The van der Waals surface area contributed by atoms with Gasteiger partial charge in [0.15, 0.2) is 17.8 Å². The van der Waals surface area contributed by atoms with Crippen molar-refractivity contribution in [1.82, 2.24) is 10.3 Å². The molecule has 2 aromatic carbocycles. The zero-order chi connectivity index (χ0) is 19.9. The van der Waals surface area contributed by atoms with Crippen LogP contribution in [0.3, 0.4) is 0 Å². The summed E-state index contributed by atoms with van der Waals surface area (Å²) in [5.74, 6) is 0.253. The Labute approximate surface area is 169 Å². The molecule has 1 atom stereocenters. The smallest absolute Gasteiger partial charge is 0.273 e. The van der Waals surface area contributed by atoms with Crippen LogP contribution in [0.4, 0.5) is 0 Å². The summed E-state index contributed by atoms with van der Waals surface area (Å²) >= 11 is 0. The number of rotatable bonds is 8. The number of hydrogen-bond donors (Lipinski definition) is 1. The molecule has 0 radical (unpaired) electrons. The molecule has 1 saturated heterocycles. The Morgan fingerprint density at radius 2 is 1.86 bits per heavy atom. The van der Waals surface area contributed by atoms with Crippen LogP contribution in [0.25, 0.3) is 0 Å². The number of benzene rings is 2. The van der Waals surface area contributed by atoms with Crippen LogP contribution in [0.15, 0.2) is 65.4 Å². The van der Waals surface area contributed by atoms with Gasteiger partial charge >= 0.3 is 0 Å². The molecule has 1 amide bonds. The third kappa shape index (κ3) is 4.91. The number of hydrogen-bond acceptors (Lipinski definition) is 5. The number of nitrogens with one attached hydrogen (secondary N) is 1. The van der Waals surface area contributed by atoms with E-state index in [0.29, 0.717) is 37.8 Å². The van der Waals surface area contributed by atoms with Crippen LogP contribution in [0.2, 0.25) is 0 Å². The SMILES string of the molecule is O=C(NCc1ccccc1COCc1ccccc1)c1ncoc1C1CCCO1. The number of ether oxygens (including phenoxy) is 2. The van der Waals surface area contributed by atoms with E-state index in [1.165, 1.54) is 6.39 Å². The van der Waals surface area contributed by atoms with Crippen molar-refractivity contribution >= 4 is 5.91 Å². The molecule has 6 heteroatoms. The summed E-state index contributed by atoms with van der Waals surface area (Å²) in [5.41, 5.74) is 3.49. The number of oxazole rings is 1. The lowest BCUT2D eigenvalue weighted by molar-refractivity contribution is 0.0859. The van der Waals surface area contributed by atoms with Gasteiger partial charge in [-0.15, -0.1) is 0 Å². The molecule has 1 aliphatic heterocycles. The lowest BCUT2D eigenvalue weighted by Crippen LogP contribution is -2.25. The van der Waals surface area contributed by atoms with E-state index in [4.69, 9.17) is 13.9 Å². The number of carbonyl (C=O) groups is 1.